The van der Waals surface area contributed by atoms with Crippen LogP contribution in [-0.4, -0.2) is 26.0 Å². The Morgan fingerprint density at radius 3 is 2.90 bits per heavy atom. The number of rotatable bonds is 2. The van der Waals surface area contributed by atoms with Crippen LogP contribution in [0.4, 0.5) is 0 Å². The number of aromatic nitrogens is 4. The Morgan fingerprint density at radius 2 is 2.06 bits per heavy atom. The molecule has 7 nitrogen and oxygen atoms in total. The summed E-state index contributed by atoms with van der Waals surface area (Å²) in [7, 11) is 0. The third kappa shape index (κ3) is 2.88. The normalized spacial score (nSPS) is 18.1. The number of hydrogen-bond donors (Lipinski definition) is 0. The number of aryl methyl sites for hydroxylation is 1. The molecule has 0 bridgehead atoms. The third-order valence-corrected chi connectivity index (χ3v) is 7.95. The van der Waals surface area contributed by atoms with Crippen LogP contribution < -0.4 is 15.0 Å². The van der Waals surface area contributed by atoms with E-state index in [1.54, 1.807) is 22.2 Å². The summed E-state index contributed by atoms with van der Waals surface area (Å²) in [6.45, 7) is 7.57. The van der Waals surface area contributed by atoms with E-state index in [0.717, 1.165) is 40.8 Å². The number of thiophene rings is 1. The van der Waals surface area contributed by atoms with Crippen LogP contribution in [0.1, 0.15) is 43.2 Å². The molecule has 8 heteroatoms. The van der Waals surface area contributed by atoms with Gasteiger partial charge in [-0.1, -0.05) is 26.8 Å². The molecule has 1 aliphatic heterocycles. The zero-order valence-electron chi connectivity index (χ0n) is 17.8. The van der Waals surface area contributed by atoms with Crippen molar-refractivity contribution < 1.29 is 9.47 Å². The lowest BCUT2D eigenvalue weighted by Crippen LogP contribution is -2.27. The summed E-state index contributed by atoms with van der Waals surface area (Å²) in [5.41, 5.74) is 2.46. The van der Waals surface area contributed by atoms with Crippen LogP contribution in [0.15, 0.2) is 29.3 Å². The molecule has 2 aliphatic rings. The number of nitrogens with zero attached hydrogens (tertiary/aromatic N) is 4. The van der Waals surface area contributed by atoms with Crippen molar-refractivity contribution in [2.75, 3.05) is 6.79 Å². The van der Waals surface area contributed by atoms with Gasteiger partial charge in [-0.05, 0) is 53.9 Å². The van der Waals surface area contributed by atoms with Gasteiger partial charge in [0.05, 0.1) is 11.9 Å². The lowest BCUT2D eigenvalue weighted by atomic mass is 9.72. The number of hydrogen-bond acceptors (Lipinski definition) is 6. The molecule has 1 aromatic carbocycles. The number of fused-ring (bicyclic) bond motifs is 6. The first kappa shape index (κ1) is 18.9. The van der Waals surface area contributed by atoms with Crippen molar-refractivity contribution >= 4 is 27.3 Å². The van der Waals surface area contributed by atoms with Gasteiger partial charge in [0.2, 0.25) is 12.6 Å². The Bertz CT molecular complexity index is 1390. The molecule has 0 spiro atoms. The maximum absolute atomic E-state index is 13.7. The smallest absolute Gasteiger partial charge is 0.264 e. The van der Waals surface area contributed by atoms with Crippen molar-refractivity contribution in [2.24, 2.45) is 11.3 Å². The van der Waals surface area contributed by atoms with Crippen LogP contribution in [0.3, 0.4) is 0 Å². The number of benzene rings is 1. The zero-order valence-corrected chi connectivity index (χ0v) is 18.7. The second-order valence-corrected chi connectivity index (χ2v) is 10.7. The van der Waals surface area contributed by atoms with Gasteiger partial charge in [0.25, 0.3) is 5.56 Å². The second kappa shape index (κ2) is 6.56. The van der Waals surface area contributed by atoms with Gasteiger partial charge in [-0.25, -0.2) is 0 Å². The van der Waals surface area contributed by atoms with Crippen LogP contribution in [0.5, 0.6) is 11.5 Å². The predicted molar refractivity (Wildman–Crippen MR) is 119 cm³/mol. The van der Waals surface area contributed by atoms with Gasteiger partial charge >= 0.3 is 0 Å². The highest BCUT2D eigenvalue weighted by molar-refractivity contribution is 7.18. The Hall–Kier alpha value is -2.87. The van der Waals surface area contributed by atoms with E-state index < -0.39 is 0 Å². The monoisotopic (exact) mass is 436 g/mol. The molecule has 0 radical (unpaired) electrons. The molecule has 0 saturated heterocycles. The molecule has 0 saturated carbocycles. The van der Waals surface area contributed by atoms with Crippen LogP contribution in [0.25, 0.3) is 16.0 Å². The Balaban J connectivity index is 1.51. The SMILES string of the molecule is CC(C)(C)C1CCc2c(sc3c2c(=O)n(Cc2ccc4c(c2)OCO4)c2nncn32)C1. The van der Waals surface area contributed by atoms with Crippen LogP contribution >= 0.6 is 11.3 Å². The minimum Gasteiger partial charge on any atom is -0.454 e. The topological polar surface area (TPSA) is 70.7 Å². The van der Waals surface area contributed by atoms with E-state index in [0.29, 0.717) is 24.0 Å². The Kier molecular flexibility index (Phi) is 3.99. The fourth-order valence-electron chi connectivity index (χ4n) is 4.85. The van der Waals surface area contributed by atoms with Gasteiger partial charge in [-0.15, -0.1) is 21.5 Å². The molecule has 0 amide bonds. The van der Waals surface area contributed by atoms with Gasteiger partial charge in [-0.3, -0.25) is 13.8 Å². The summed E-state index contributed by atoms with van der Waals surface area (Å²) in [6.07, 6.45) is 4.81. The second-order valence-electron chi connectivity index (χ2n) is 9.57. The van der Waals surface area contributed by atoms with E-state index in [9.17, 15) is 4.79 Å². The van der Waals surface area contributed by atoms with Crippen molar-refractivity contribution in [3.63, 3.8) is 0 Å². The molecule has 160 valence electrons. The highest BCUT2D eigenvalue weighted by Crippen LogP contribution is 2.42. The Morgan fingerprint density at radius 1 is 1.23 bits per heavy atom. The molecule has 3 aromatic heterocycles. The fourth-order valence-corrected chi connectivity index (χ4v) is 6.23. The van der Waals surface area contributed by atoms with E-state index >= 15 is 0 Å². The van der Waals surface area contributed by atoms with E-state index in [1.165, 1.54) is 10.4 Å². The molecule has 1 unspecified atom stereocenters. The quantitative estimate of drug-likeness (QED) is 0.474. The molecule has 0 N–H and O–H groups in total. The minimum atomic E-state index is 0.0138. The van der Waals surface area contributed by atoms with E-state index in [2.05, 4.69) is 31.0 Å². The lowest BCUT2D eigenvalue weighted by Gasteiger charge is -2.33. The van der Waals surface area contributed by atoms with Crippen LogP contribution in [0, 0.1) is 11.3 Å². The summed E-state index contributed by atoms with van der Waals surface area (Å²) in [5, 5.41) is 9.25. The minimum absolute atomic E-state index is 0.0138. The van der Waals surface area contributed by atoms with Gasteiger partial charge in [-0.2, -0.15) is 0 Å². The van der Waals surface area contributed by atoms with Gasteiger partial charge in [0, 0.05) is 4.88 Å². The number of ether oxygens (including phenoxy) is 2. The average molecular weight is 437 g/mol. The molecule has 31 heavy (non-hydrogen) atoms. The average Bonchev–Trinajstić information content (AvgIpc) is 3.46. The maximum Gasteiger partial charge on any atom is 0.264 e. The Labute approximate surface area is 183 Å². The van der Waals surface area contributed by atoms with Gasteiger partial charge < -0.3 is 9.47 Å². The first-order valence-electron chi connectivity index (χ1n) is 10.7. The molecule has 1 aliphatic carbocycles. The largest absolute Gasteiger partial charge is 0.454 e. The predicted octanol–water partition coefficient (Wildman–Crippen LogP) is 4.03. The first-order chi connectivity index (χ1) is 14.9. The molecular formula is C23H24N4O3S. The van der Waals surface area contributed by atoms with Gasteiger partial charge in [0.15, 0.2) is 11.5 Å². The maximum atomic E-state index is 13.7. The van der Waals surface area contributed by atoms with Crippen molar-refractivity contribution in [1.29, 1.82) is 0 Å². The highest BCUT2D eigenvalue weighted by atomic mass is 32.1. The van der Waals surface area contributed by atoms with Gasteiger partial charge in [0.1, 0.15) is 11.2 Å². The summed E-state index contributed by atoms with van der Waals surface area (Å²) in [5.74, 6) is 2.64. The van der Waals surface area contributed by atoms with E-state index in [4.69, 9.17) is 9.47 Å². The molecule has 0 fully saturated rings. The summed E-state index contributed by atoms with van der Waals surface area (Å²) < 4.78 is 14.6. The zero-order chi connectivity index (χ0) is 21.3. The molecule has 4 aromatic rings. The third-order valence-electron chi connectivity index (χ3n) is 6.70. The van der Waals surface area contributed by atoms with Crippen LogP contribution in [0.2, 0.25) is 0 Å². The van der Waals surface area contributed by atoms with Crippen LogP contribution in [-0.2, 0) is 19.4 Å². The summed E-state index contributed by atoms with van der Waals surface area (Å²) >= 11 is 1.73. The summed E-state index contributed by atoms with van der Waals surface area (Å²) in [6, 6.07) is 5.79. The molecule has 4 heterocycles. The molecule has 6 rings (SSSR count). The van der Waals surface area contributed by atoms with Crippen molar-refractivity contribution in [1.82, 2.24) is 19.2 Å². The lowest BCUT2D eigenvalue weighted by molar-refractivity contribution is 0.174. The van der Waals surface area contributed by atoms with E-state index in [1.807, 2.05) is 22.6 Å². The van der Waals surface area contributed by atoms with Crippen molar-refractivity contribution in [2.45, 2.75) is 46.6 Å². The van der Waals surface area contributed by atoms with Crippen molar-refractivity contribution in [3.8, 4) is 11.5 Å². The van der Waals surface area contributed by atoms with E-state index in [-0.39, 0.29) is 17.8 Å². The first-order valence-corrected chi connectivity index (χ1v) is 11.5. The molecule has 1 atom stereocenters. The standard InChI is InChI=1S/C23H24N4O3S/c1-23(2,3)14-5-6-15-18(9-14)31-21-19(15)20(28)26(22-25-24-11-27(21)22)10-13-4-7-16-17(8-13)30-12-29-16/h4,7-8,11,14H,5-6,9-10,12H2,1-3H3. The van der Waals surface area contributed by atoms with Crippen molar-refractivity contribution in [3.05, 3.63) is 50.9 Å². The summed E-state index contributed by atoms with van der Waals surface area (Å²) in [4.78, 5) is 16.0. The molecular weight excluding hydrogens is 412 g/mol. The highest BCUT2D eigenvalue weighted by Gasteiger charge is 2.32. The fraction of sp³-hybridized carbons (Fsp3) is 0.435.